The Morgan fingerprint density at radius 1 is 1.42 bits per heavy atom. The molecule has 1 aromatic heterocycles. The SMILES string of the molecule is Nc1cnc2ccccc2c1N1CCOC(CO)C1. The second-order valence-corrected chi connectivity index (χ2v) is 4.70. The van der Waals surface area contributed by atoms with Gasteiger partial charge in [0, 0.05) is 18.5 Å². The highest BCUT2D eigenvalue weighted by Crippen LogP contribution is 2.32. The number of anilines is 2. The van der Waals surface area contributed by atoms with Gasteiger partial charge in [-0.3, -0.25) is 4.98 Å². The third-order valence-corrected chi connectivity index (χ3v) is 3.43. The first-order valence-corrected chi connectivity index (χ1v) is 6.40. The van der Waals surface area contributed by atoms with Crippen molar-refractivity contribution in [1.82, 2.24) is 4.98 Å². The summed E-state index contributed by atoms with van der Waals surface area (Å²) in [7, 11) is 0. The summed E-state index contributed by atoms with van der Waals surface area (Å²) >= 11 is 0. The average molecular weight is 259 g/mol. The first kappa shape index (κ1) is 12.2. The molecule has 19 heavy (non-hydrogen) atoms. The number of hydrogen-bond donors (Lipinski definition) is 2. The Balaban J connectivity index is 2.06. The molecular weight excluding hydrogens is 242 g/mol. The summed E-state index contributed by atoms with van der Waals surface area (Å²) < 4.78 is 5.48. The number of aliphatic hydroxyl groups excluding tert-OH is 1. The number of nitrogens with two attached hydrogens (primary N) is 1. The Labute approximate surface area is 111 Å². The highest BCUT2D eigenvalue weighted by atomic mass is 16.5. The second kappa shape index (κ2) is 5.03. The number of fused-ring (bicyclic) bond motifs is 1. The Morgan fingerprint density at radius 3 is 3.11 bits per heavy atom. The van der Waals surface area contributed by atoms with Crippen molar-refractivity contribution in [1.29, 1.82) is 0 Å². The van der Waals surface area contributed by atoms with Crippen LogP contribution < -0.4 is 10.6 Å². The van der Waals surface area contributed by atoms with Gasteiger partial charge in [0.1, 0.15) is 0 Å². The van der Waals surface area contributed by atoms with Crippen molar-refractivity contribution >= 4 is 22.3 Å². The third kappa shape index (κ3) is 2.22. The van der Waals surface area contributed by atoms with Gasteiger partial charge in [-0.25, -0.2) is 0 Å². The number of morpholine rings is 1. The first-order valence-electron chi connectivity index (χ1n) is 6.40. The van der Waals surface area contributed by atoms with Crippen LogP contribution in [0.4, 0.5) is 11.4 Å². The number of benzene rings is 1. The maximum absolute atomic E-state index is 9.24. The standard InChI is InChI=1S/C14H17N3O2/c15-12-7-16-13-4-2-1-3-11(13)14(12)17-5-6-19-10(8-17)9-18/h1-4,7,10,18H,5-6,8-9,15H2. The molecule has 0 radical (unpaired) electrons. The molecule has 2 heterocycles. The van der Waals surface area contributed by atoms with Crippen LogP contribution in [0.5, 0.6) is 0 Å². The summed E-state index contributed by atoms with van der Waals surface area (Å²) in [6, 6.07) is 7.95. The number of rotatable bonds is 2. The summed E-state index contributed by atoms with van der Waals surface area (Å²) in [5.41, 5.74) is 8.68. The van der Waals surface area contributed by atoms with Crippen LogP contribution in [0.3, 0.4) is 0 Å². The summed E-state index contributed by atoms with van der Waals surface area (Å²) in [6.07, 6.45) is 1.54. The van der Waals surface area contributed by atoms with E-state index >= 15 is 0 Å². The fraction of sp³-hybridized carbons (Fsp3) is 0.357. The Kier molecular flexibility index (Phi) is 3.23. The maximum atomic E-state index is 9.24. The third-order valence-electron chi connectivity index (χ3n) is 3.43. The number of nitrogen functional groups attached to an aromatic ring is 1. The quantitative estimate of drug-likeness (QED) is 0.842. The van der Waals surface area contributed by atoms with Crippen LogP contribution in [0.1, 0.15) is 0 Å². The molecule has 0 amide bonds. The topological polar surface area (TPSA) is 71.6 Å². The minimum absolute atomic E-state index is 0.0272. The first-order chi connectivity index (χ1) is 9.29. The van der Waals surface area contributed by atoms with Gasteiger partial charge in [0.15, 0.2) is 0 Å². The van der Waals surface area contributed by atoms with Gasteiger partial charge in [-0.1, -0.05) is 18.2 Å². The minimum atomic E-state index is -0.153. The van der Waals surface area contributed by atoms with Crippen LogP contribution >= 0.6 is 0 Å². The predicted octanol–water partition coefficient (Wildman–Crippen LogP) is 1.01. The molecule has 0 bridgehead atoms. The Morgan fingerprint density at radius 2 is 2.26 bits per heavy atom. The molecule has 1 unspecified atom stereocenters. The van der Waals surface area contributed by atoms with E-state index in [0.29, 0.717) is 18.8 Å². The van der Waals surface area contributed by atoms with E-state index in [4.69, 9.17) is 10.5 Å². The second-order valence-electron chi connectivity index (χ2n) is 4.70. The van der Waals surface area contributed by atoms with Crippen LogP contribution in [0.25, 0.3) is 10.9 Å². The van der Waals surface area contributed by atoms with Gasteiger partial charge in [0.2, 0.25) is 0 Å². The van der Waals surface area contributed by atoms with E-state index in [1.54, 1.807) is 6.20 Å². The van der Waals surface area contributed by atoms with Crippen molar-refractivity contribution in [3.63, 3.8) is 0 Å². The summed E-state index contributed by atoms with van der Waals surface area (Å²) in [5, 5.41) is 10.3. The molecule has 1 aromatic carbocycles. The number of hydrogen-bond acceptors (Lipinski definition) is 5. The van der Waals surface area contributed by atoms with Gasteiger partial charge in [-0.15, -0.1) is 0 Å². The van der Waals surface area contributed by atoms with Crippen LogP contribution in [-0.4, -0.2) is 42.5 Å². The molecule has 5 heteroatoms. The normalized spacial score (nSPS) is 19.8. The summed E-state index contributed by atoms with van der Waals surface area (Å²) in [6.45, 7) is 2.05. The van der Waals surface area contributed by atoms with Crippen molar-refractivity contribution in [2.75, 3.05) is 36.9 Å². The van der Waals surface area contributed by atoms with Crippen LogP contribution in [0.2, 0.25) is 0 Å². The molecule has 0 aliphatic carbocycles. The molecule has 1 aliphatic heterocycles. The van der Waals surface area contributed by atoms with E-state index in [9.17, 15) is 5.11 Å². The largest absolute Gasteiger partial charge is 0.396 e. The smallest absolute Gasteiger partial charge is 0.0980 e. The van der Waals surface area contributed by atoms with Crippen molar-refractivity contribution in [3.8, 4) is 0 Å². The molecule has 2 aromatic rings. The van der Waals surface area contributed by atoms with Crippen molar-refractivity contribution in [2.45, 2.75) is 6.10 Å². The monoisotopic (exact) mass is 259 g/mol. The number of aromatic nitrogens is 1. The highest BCUT2D eigenvalue weighted by molar-refractivity contribution is 5.97. The molecule has 0 spiro atoms. The molecule has 5 nitrogen and oxygen atoms in total. The lowest BCUT2D eigenvalue weighted by Crippen LogP contribution is -2.44. The van der Waals surface area contributed by atoms with Crippen molar-refractivity contribution in [2.24, 2.45) is 0 Å². The van der Waals surface area contributed by atoms with Crippen molar-refractivity contribution in [3.05, 3.63) is 30.5 Å². The number of nitrogens with zero attached hydrogens (tertiary/aromatic N) is 2. The molecule has 1 atom stereocenters. The van der Waals surface area contributed by atoms with E-state index in [0.717, 1.165) is 23.1 Å². The van der Waals surface area contributed by atoms with E-state index < -0.39 is 0 Å². The molecule has 1 aliphatic rings. The van der Waals surface area contributed by atoms with Crippen LogP contribution in [-0.2, 0) is 4.74 Å². The number of aliphatic hydroxyl groups is 1. The molecular formula is C14H17N3O2. The fourth-order valence-corrected chi connectivity index (χ4v) is 2.53. The van der Waals surface area contributed by atoms with Crippen LogP contribution in [0, 0.1) is 0 Å². The Hall–Kier alpha value is -1.85. The highest BCUT2D eigenvalue weighted by Gasteiger charge is 2.23. The zero-order valence-electron chi connectivity index (χ0n) is 10.6. The summed E-state index contributed by atoms with van der Waals surface area (Å²) in [5.74, 6) is 0. The summed E-state index contributed by atoms with van der Waals surface area (Å²) in [4.78, 5) is 6.51. The van der Waals surface area contributed by atoms with E-state index in [2.05, 4.69) is 9.88 Å². The lowest BCUT2D eigenvalue weighted by Gasteiger charge is -2.34. The maximum Gasteiger partial charge on any atom is 0.0980 e. The molecule has 1 fully saturated rings. The van der Waals surface area contributed by atoms with Gasteiger partial charge >= 0.3 is 0 Å². The van der Waals surface area contributed by atoms with E-state index in [1.807, 2.05) is 24.3 Å². The average Bonchev–Trinajstić information content (AvgIpc) is 2.47. The lowest BCUT2D eigenvalue weighted by molar-refractivity contribution is 0.00367. The van der Waals surface area contributed by atoms with Crippen LogP contribution in [0.15, 0.2) is 30.5 Å². The van der Waals surface area contributed by atoms with Gasteiger partial charge in [0.25, 0.3) is 0 Å². The van der Waals surface area contributed by atoms with Gasteiger partial charge in [0.05, 0.1) is 42.4 Å². The van der Waals surface area contributed by atoms with Crippen molar-refractivity contribution < 1.29 is 9.84 Å². The molecule has 3 rings (SSSR count). The fourth-order valence-electron chi connectivity index (χ4n) is 2.53. The molecule has 3 N–H and O–H groups in total. The Bertz CT molecular complexity index is 588. The minimum Gasteiger partial charge on any atom is -0.396 e. The van der Waals surface area contributed by atoms with E-state index in [1.165, 1.54) is 0 Å². The lowest BCUT2D eigenvalue weighted by atomic mass is 10.1. The number of para-hydroxylation sites is 1. The van der Waals surface area contributed by atoms with Gasteiger partial charge < -0.3 is 20.5 Å². The molecule has 100 valence electrons. The van der Waals surface area contributed by atoms with Gasteiger partial charge in [-0.05, 0) is 6.07 Å². The zero-order valence-corrected chi connectivity index (χ0v) is 10.6. The van der Waals surface area contributed by atoms with Gasteiger partial charge in [-0.2, -0.15) is 0 Å². The molecule has 1 saturated heterocycles. The number of pyridine rings is 1. The number of ether oxygens (including phenoxy) is 1. The van der Waals surface area contributed by atoms with E-state index in [-0.39, 0.29) is 12.7 Å². The molecule has 0 saturated carbocycles. The zero-order chi connectivity index (χ0) is 13.2. The predicted molar refractivity (Wildman–Crippen MR) is 75.2 cm³/mol.